The van der Waals surface area contributed by atoms with Gasteiger partial charge in [0.25, 0.3) is 0 Å². The van der Waals surface area contributed by atoms with Gasteiger partial charge in [-0.1, -0.05) is 29.8 Å². The number of halogens is 1. The van der Waals surface area contributed by atoms with Crippen LogP contribution in [0.2, 0.25) is 5.02 Å². The minimum Gasteiger partial charge on any atom is -0.494 e. The van der Waals surface area contributed by atoms with Gasteiger partial charge in [0, 0.05) is 34.9 Å². The van der Waals surface area contributed by atoms with E-state index in [1.807, 2.05) is 58.3 Å². The second-order valence-electron chi connectivity index (χ2n) is 8.25. The van der Waals surface area contributed by atoms with Crippen LogP contribution in [0.25, 0.3) is 22.2 Å². The molecular formula is C27H29ClN2O3. The second kappa shape index (κ2) is 9.75. The number of nitrogens with one attached hydrogen (secondary N) is 1. The average molecular weight is 465 g/mol. The van der Waals surface area contributed by atoms with Crippen LogP contribution in [-0.4, -0.2) is 28.7 Å². The SMILES string of the molecule is CCOC(=O)c1[nH]c2c(-c3cccn3C)cccc2c1CCCOc1cc(C)c(Cl)c(C)c1. The van der Waals surface area contributed by atoms with Gasteiger partial charge in [-0.3, -0.25) is 0 Å². The molecule has 2 aromatic heterocycles. The summed E-state index contributed by atoms with van der Waals surface area (Å²) in [4.78, 5) is 16.1. The van der Waals surface area contributed by atoms with Crippen molar-refractivity contribution in [2.75, 3.05) is 13.2 Å². The van der Waals surface area contributed by atoms with Crippen molar-refractivity contribution in [2.24, 2.45) is 7.05 Å². The largest absolute Gasteiger partial charge is 0.494 e. The van der Waals surface area contributed by atoms with E-state index in [4.69, 9.17) is 21.1 Å². The van der Waals surface area contributed by atoms with E-state index < -0.39 is 0 Å². The number of fused-ring (bicyclic) bond motifs is 1. The summed E-state index contributed by atoms with van der Waals surface area (Å²) < 4.78 is 13.4. The first kappa shape index (κ1) is 23.0. The first-order valence-corrected chi connectivity index (χ1v) is 11.6. The van der Waals surface area contributed by atoms with Gasteiger partial charge in [0.1, 0.15) is 11.4 Å². The number of carbonyl (C=O) groups is 1. The number of aromatic amines is 1. The molecule has 0 saturated carbocycles. The van der Waals surface area contributed by atoms with Crippen LogP contribution in [0.3, 0.4) is 0 Å². The lowest BCUT2D eigenvalue weighted by Gasteiger charge is -2.10. The molecule has 4 rings (SSSR count). The predicted octanol–water partition coefficient (Wildman–Crippen LogP) is 6.63. The van der Waals surface area contributed by atoms with E-state index in [1.54, 1.807) is 0 Å². The zero-order chi connectivity index (χ0) is 23.5. The number of esters is 1. The Morgan fingerprint density at radius 1 is 1.12 bits per heavy atom. The van der Waals surface area contributed by atoms with Crippen molar-refractivity contribution in [3.8, 4) is 17.0 Å². The molecule has 0 unspecified atom stereocenters. The van der Waals surface area contributed by atoms with Crippen LogP contribution in [0, 0.1) is 13.8 Å². The van der Waals surface area contributed by atoms with E-state index in [2.05, 4.69) is 27.8 Å². The molecule has 172 valence electrons. The number of nitrogens with zero attached hydrogens (tertiary/aromatic N) is 1. The maximum Gasteiger partial charge on any atom is 0.355 e. The number of hydrogen-bond acceptors (Lipinski definition) is 3. The van der Waals surface area contributed by atoms with Gasteiger partial charge >= 0.3 is 5.97 Å². The van der Waals surface area contributed by atoms with Crippen LogP contribution in [0.5, 0.6) is 5.75 Å². The number of aromatic nitrogens is 2. The summed E-state index contributed by atoms with van der Waals surface area (Å²) in [6, 6.07) is 14.2. The highest BCUT2D eigenvalue weighted by Crippen LogP contribution is 2.33. The molecule has 0 atom stereocenters. The highest BCUT2D eigenvalue weighted by atomic mass is 35.5. The van der Waals surface area contributed by atoms with E-state index in [-0.39, 0.29) is 5.97 Å². The van der Waals surface area contributed by atoms with Gasteiger partial charge in [-0.05, 0) is 74.6 Å². The summed E-state index contributed by atoms with van der Waals surface area (Å²) in [6.45, 7) is 6.64. The molecule has 0 saturated heterocycles. The third-order valence-electron chi connectivity index (χ3n) is 5.89. The minimum absolute atomic E-state index is 0.327. The van der Waals surface area contributed by atoms with Crippen molar-refractivity contribution >= 4 is 28.5 Å². The number of aryl methyl sites for hydroxylation is 4. The Kier molecular flexibility index (Phi) is 6.80. The number of hydrogen-bond donors (Lipinski definition) is 1. The molecule has 2 heterocycles. The fourth-order valence-electron chi connectivity index (χ4n) is 4.29. The predicted molar refractivity (Wildman–Crippen MR) is 133 cm³/mol. The zero-order valence-electron chi connectivity index (χ0n) is 19.5. The highest BCUT2D eigenvalue weighted by molar-refractivity contribution is 6.32. The Morgan fingerprint density at radius 2 is 1.88 bits per heavy atom. The summed E-state index contributed by atoms with van der Waals surface area (Å²) in [5, 5.41) is 1.81. The molecule has 4 aromatic rings. The molecule has 0 spiro atoms. The summed E-state index contributed by atoms with van der Waals surface area (Å²) in [7, 11) is 2.02. The standard InChI is InChI=1S/C27H29ClN2O3/c1-5-32-27(31)26-21(11-8-14-33-19-15-17(2)24(28)18(3)16-19)20-9-6-10-22(25(20)29-26)23-12-7-13-30(23)4/h6-7,9-10,12-13,15-16,29H,5,8,11,14H2,1-4H3. The van der Waals surface area contributed by atoms with E-state index in [9.17, 15) is 4.79 Å². The van der Waals surface area contributed by atoms with E-state index in [1.165, 1.54) is 0 Å². The molecule has 5 nitrogen and oxygen atoms in total. The van der Waals surface area contributed by atoms with E-state index >= 15 is 0 Å². The minimum atomic E-state index is -0.327. The van der Waals surface area contributed by atoms with Gasteiger partial charge in [0.15, 0.2) is 0 Å². The van der Waals surface area contributed by atoms with E-state index in [0.717, 1.165) is 56.0 Å². The molecule has 6 heteroatoms. The van der Waals surface area contributed by atoms with Crippen molar-refractivity contribution in [3.63, 3.8) is 0 Å². The Bertz CT molecular complexity index is 1280. The third kappa shape index (κ3) is 4.64. The molecule has 33 heavy (non-hydrogen) atoms. The Hall–Kier alpha value is -3.18. The lowest BCUT2D eigenvalue weighted by Crippen LogP contribution is -2.09. The van der Waals surface area contributed by atoms with Crippen LogP contribution < -0.4 is 4.74 Å². The summed E-state index contributed by atoms with van der Waals surface area (Å²) in [5.74, 6) is 0.483. The molecule has 0 bridgehead atoms. The summed E-state index contributed by atoms with van der Waals surface area (Å²) >= 11 is 6.26. The molecule has 0 aliphatic carbocycles. The van der Waals surface area contributed by atoms with Gasteiger partial charge < -0.3 is 19.0 Å². The molecule has 0 aliphatic heterocycles. The van der Waals surface area contributed by atoms with Crippen molar-refractivity contribution in [2.45, 2.75) is 33.6 Å². The van der Waals surface area contributed by atoms with Crippen LogP contribution in [0.4, 0.5) is 0 Å². The van der Waals surface area contributed by atoms with Crippen molar-refractivity contribution in [1.29, 1.82) is 0 Å². The first-order chi connectivity index (χ1) is 15.9. The number of benzene rings is 2. The fraction of sp³-hybridized carbons (Fsp3) is 0.296. The normalized spacial score (nSPS) is 11.2. The molecule has 0 fully saturated rings. The van der Waals surface area contributed by atoms with Crippen LogP contribution in [0.1, 0.15) is 40.5 Å². The van der Waals surface area contributed by atoms with Crippen LogP contribution in [-0.2, 0) is 18.2 Å². The number of H-pyrrole nitrogens is 1. The van der Waals surface area contributed by atoms with Crippen LogP contribution in [0.15, 0.2) is 48.7 Å². The number of para-hydroxylation sites is 1. The topological polar surface area (TPSA) is 56.2 Å². The van der Waals surface area contributed by atoms with E-state index in [0.29, 0.717) is 25.3 Å². The Morgan fingerprint density at radius 3 is 2.55 bits per heavy atom. The van der Waals surface area contributed by atoms with Gasteiger partial charge in [0.05, 0.1) is 18.7 Å². The zero-order valence-corrected chi connectivity index (χ0v) is 20.3. The molecular weight excluding hydrogens is 436 g/mol. The Labute approximate surface area is 199 Å². The Balaban J connectivity index is 1.61. The van der Waals surface area contributed by atoms with Crippen molar-refractivity contribution < 1.29 is 14.3 Å². The monoisotopic (exact) mass is 464 g/mol. The summed E-state index contributed by atoms with van der Waals surface area (Å²) in [5.41, 5.74) is 6.57. The smallest absolute Gasteiger partial charge is 0.355 e. The number of carbonyl (C=O) groups excluding carboxylic acids is 1. The first-order valence-electron chi connectivity index (χ1n) is 11.2. The van der Waals surface area contributed by atoms with Gasteiger partial charge in [-0.25, -0.2) is 4.79 Å². The second-order valence-corrected chi connectivity index (χ2v) is 8.63. The van der Waals surface area contributed by atoms with Crippen molar-refractivity contribution in [3.05, 3.63) is 76.1 Å². The molecule has 0 radical (unpaired) electrons. The lowest BCUT2D eigenvalue weighted by atomic mass is 10.0. The number of ether oxygens (including phenoxy) is 2. The molecule has 0 aliphatic rings. The lowest BCUT2D eigenvalue weighted by molar-refractivity contribution is 0.0519. The fourth-order valence-corrected chi connectivity index (χ4v) is 4.40. The van der Waals surface area contributed by atoms with Gasteiger partial charge in [0.2, 0.25) is 0 Å². The maximum atomic E-state index is 12.8. The van der Waals surface area contributed by atoms with Gasteiger partial charge in [-0.2, -0.15) is 0 Å². The van der Waals surface area contributed by atoms with Gasteiger partial charge in [-0.15, -0.1) is 0 Å². The quantitative estimate of drug-likeness (QED) is 0.235. The molecule has 0 amide bonds. The maximum absolute atomic E-state index is 12.8. The van der Waals surface area contributed by atoms with Crippen molar-refractivity contribution in [1.82, 2.24) is 9.55 Å². The summed E-state index contributed by atoms with van der Waals surface area (Å²) in [6.07, 6.45) is 3.46. The van der Waals surface area contributed by atoms with Crippen LogP contribution >= 0.6 is 11.6 Å². The highest BCUT2D eigenvalue weighted by Gasteiger charge is 2.21. The molecule has 1 N–H and O–H groups in total. The third-order valence-corrected chi connectivity index (χ3v) is 6.49. The average Bonchev–Trinajstić information content (AvgIpc) is 3.38. The molecule has 2 aromatic carbocycles. The number of rotatable bonds is 8.